The van der Waals surface area contributed by atoms with E-state index in [9.17, 15) is 4.79 Å². The first-order valence-corrected chi connectivity index (χ1v) is 7.94. The molecule has 0 aliphatic heterocycles. The predicted molar refractivity (Wildman–Crippen MR) is 82.8 cm³/mol. The summed E-state index contributed by atoms with van der Waals surface area (Å²) in [4.78, 5) is 11.9. The Kier molecular flexibility index (Phi) is 10.8. The van der Waals surface area contributed by atoms with Gasteiger partial charge in [-0.25, -0.2) is 0 Å². The molecule has 0 fully saturated rings. The molecule has 0 radical (unpaired) electrons. The third-order valence-electron chi connectivity index (χ3n) is 3.68. The van der Waals surface area contributed by atoms with Crippen LogP contribution in [0.4, 0.5) is 0 Å². The van der Waals surface area contributed by atoms with Crippen LogP contribution in [0.3, 0.4) is 0 Å². The van der Waals surface area contributed by atoms with Gasteiger partial charge in [-0.2, -0.15) is 0 Å². The van der Waals surface area contributed by atoms with Crippen molar-refractivity contribution in [2.24, 2.45) is 5.92 Å². The molecule has 0 aliphatic rings. The van der Waals surface area contributed by atoms with Crippen molar-refractivity contribution in [3.8, 4) is 0 Å². The van der Waals surface area contributed by atoms with Gasteiger partial charge < -0.3 is 14.8 Å². The SMILES string of the molecule is CCCC(C)COCCCCC(C)(NC)C(=O)OCC. The molecular weight excluding hydrogens is 254 g/mol. The Balaban J connectivity index is 3.78. The first-order chi connectivity index (χ1) is 9.50. The number of carbonyl (C=O) groups is 1. The van der Waals surface area contributed by atoms with E-state index in [2.05, 4.69) is 19.2 Å². The van der Waals surface area contributed by atoms with E-state index in [4.69, 9.17) is 9.47 Å². The Morgan fingerprint density at radius 1 is 1.30 bits per heavy atom. The van der Waals surface area contributed by atoms with Gasteiger partial charge in [0.05, 0.1) is 6.61 Å². The maximum atomic E-state index is 11.9. The number of hydrogen-bond donors (Lipinski definition) is 1. The molecule has 0 saturated heterocycles. The maximum Gasteiger partial charge on any atom is 0.326 e. The number of hydrogen-bond acceptors (Lipinski definition) is 4. The van der Waals surface area contributed by atoms with E-state index in [-0.39, 0.29) is 5.97 Å². The molecule has 1 N–H and O–H groups in total. The third-order valence-corrected chi connectivity index (χ3v) is 3.68. The fourth-order valence-electron chi connectivity index (χ4n) is 2.16. The van der Waals surface area contributed by atoms with Crippen molar-refractivity contribution in [2.45, 2.75) is 65.3 Å². The van der Waals surface area contributed by atoms with Crippen LogP contribution in [0.5, 0.6) is 0 Å². The summed E-state index contributed by atoms with van der Waals surface area (Å²) < 4.78 is 10.8. The predicted octanol–water partition coefficient (Wildman–Crippen LogP) is 3.15. The van der Waals surface area contributed by atoms with Crippen LogP contribution in [0.2, 0.25) is 0 Å². The second kappa shape index (κ2) is 11.1. The lowest BCUT2D eigenvalue weighted by molar-refractivity contribution is -0.150. The monoisotopic (exact) mass is 287 g/mol. The number of nitrogens with one attached hydrogen (secondary N) is 1. The molecule has 0 amide bonds. The zero-order valence-corrected chi connectivity index (χ0v) is 14.0. The molecule has 2 atom stereocenters. The lowest BCUT2D eigenvalue weighted by Gasteiger charge is -2.26. The maximum absolute atomic E-state index is 11.9. The van der Waals surface area contributed by atoms with Crippen LogP contribution in [-0.2, 0) is 14.3 Å². The van der Waals surface area contributed by atoms with Gasteiger partial charge in [-0.3, -0.25) is 4.79 Å². The minimum Gasteiger partial charge on any atom is -0.465 e. The molecule has 0 spiro atoms. The first kappa shape index (κ1) is 19.4. The Morgan fingerprint density at radius 3 is 2.55 bits per heavy atom. The average molecular weight is 287 g/mol. The molecule has 0 saturated carbocycles. The van der Waals surface area contributed by atoms with Crippen molar-refractivity contribution in [1.29, 1.82) is 0 Å². The van der Waals surface area contributed by atoms with Gasteiger partial charge in [0.15, 0.2) is 0 Å². The van der Waals surface area contributed by atoms with Gasteiger partial charge in [0, 0.05) is 13.2 Å². The minimum atomic E-state index is -0.578. The second-order valence-corrected chi connectivity index (χ2v) is 5.73. The molecular formula is C16H33NO3. The summed E-state index contributed by atoms with van der Waals surface area (Å²) in [6.45, 7) is 10.2. The highest BCUT2D eigenvalue weighted by molar-refractivity contribution is 5.80. The van der Waals surface area contributed by atoms with Crippen LogP contribution in [0, 0.1) is 5.92 Å². The highest BCUT2D eigenvalue weighted by Gasteiger charge is 2.32. The van der Waals surface area contributed by atoms with E-state index >= 15 is 0 Å². The zero-order valence-electron chi connectivity index (χ0n) is 14.0. The summed E-state index contributed by atoms with van der Waals surface area (Å²) in [6, 6.07) is 0. The number of carbonyl (C=O) groups excluding carboxylic acids is 1. The Morgan fingerprint density at radius 2 is 2.00 bits per heavy atom. The van der Waals surface area contributed by atoms with E-state index in [0.717, 1.165) is 32.5 Å². The van der Waals surface area contributed by atoms with Crippen LogP contribution in [0.25, 0.3) is 0 Å². The van der Waals surface area contributed by atoms with Crippen molar-refractivity contribution in [2.75, 3.05) is 26.9 Å². The average Bonchev–Trinajstić information content (AvgIpc) is 2.42. The van der Waals surface area contributed by atoms with Crippen molar-refractivity contribution < 1.29 is 14.3 Å². The molecule has 0 aliphatic carbocycles. The minimum absolute atomic E-state index is 0.167. The summed E-state index contributed by atoms with van der Waals surface area (Å²) >= 11 is 0. The molecule has 4 heteroatoms. The fraction of sp³-hybridized carbons (Fsp3) is 0.938. The van der Waals surface area contributed by atoms with Crippen LogP contribution in [0.15, 0.2) is 0 Å². The molecule has 2 unspecified atom stereocenters. The molecule has 0 bridgehead atoms. The van der Waals surface area contributed by atoms with Gasteiger partial charge >= 0.3 is 5.97 Å². The Hall–Kier alpha value is -0.610. The smallest absolute Gasteiger partial charge is 0.326 e. The topological polar surface area (TPSA) is 47.6 Å². The molecule has 4 nitrogen and oxygen atoms in total. The number of ether oxygens (including phenoxy) is 2. The number of rotatable bonds is 12. The van der Waals surface area contributed by atoms with Gasteiger partial charge in [-0.05, 0) is 52.5 Å². The standard InChI is InChI=1S/C16H33NO3/c1-6-10-14(3)13-19-12-9-8-11-16(4,17-5)15(18)20-7-2/h14,17H,6-13H2,1-5H3. The number of esters is 1. The van der Waals surface area contributed by atoms with Gasteiger partial charge in [0.1, 0.15) is 5.54 Å². The van der Waals surface area contributed by atoms with E-state index in [1.807, 2.05) is 13.8 Å². The third kappa shape index (κ3) is 7.85. The molecule has 120 valence electrons. The summed E-state index contributed by atoms with van der Waals surface area (Å²) in [5.74, 6) is 0.474. The lowest BCUT2D eigenvalue weighted by atomic mass is 9.95. The van der Waals surface area contributed by atoms with E-state index in [1.54, 1.807) is 7.05 Å². The van der Waals surface area contributed by atoms with Gasteiger partial charge in [-0.1, -0.05) is 20.3 Å². The van der Waals surface area contributed by atoms with E-state index in [1.165, 1.54) is 12.8 Å². The quantitative estimate of drug-likeness (QED) is 0.442. The van der Waals surface area contributed by atoms with Crippen LogP contribution in [0.1, 0.15) is 59.8 Å². The van der Waals surface area contributed by atoms with Crippen molar-refractivity contribution >= 4 is 5.97 Å². The zero-order chi connectivity index (χ0) is 15.4. The van der Waals surface area contributed by atoms with Crippen LogP contribution >= 0.6 is 0 Å². The van der Waals surface area contributed by atoms with Crippen molar-refractivity contribution in [1.82, 2.24) is 5.32 Å². The molecule has 0 aromatic carbocycles. The normalized spacial score (nSPS) is 15.7. The van der Waals surface area contributed by atoms with Gasteiger partial charge in [0.25, 0.3) is 0 Å². The first-order valence-electron chi connectivity index (χ1n) is 7.94. The summed E-state index contributed by atoms with van der Waals surface area (Å²) in [5.41, 5.74) is -0.578. The highest BCUT2D eigenvalue weighted by Crippen LogP contribution is 2.16. The van der Waals surface area contributed by atoms with Gasteiger partial charge in [0.2, 0.25) is 0 Å². The Labute approximate surface area is 124 Å². The highest BCUT2D eigenvalue weighted by atomic mass is 16.5. The fourth-order valence-corrected chi connectivity index (χ4v) is 2.16. The lowest BCUT2D eigenvalue weighted by Crippen LogP contribution is -2.48. The largest absolute Gasteiger partial charge is 0.465 e. The second-order valence-electron chi connectivity index (χ2n) is 5.73. The van der Waals surface area contributed by atoms with E-state index in [0.29, 0.717) is 12.5 Å². The molecule has 0 heterocycles. The number of likely N-dealkylation sites (N-methyl/N-ethyl adjacent to an activating group) is 1. The molecule has 0 aromatic heterocycles. The van der Waals surface area contributed by atoms with Crippen molar-refractivity contribution in [3.05, 3.63) is 0 Å². The van der Waals surface area contributed by atoms with E-state index < -0.39 is 5.54 Å². The van der Waals surface area contributed by atoms with Crippen molar-refractivity contribution in [3.63, 3.8) is 0 Å². The summed E-state index contributed by atoms with van der Waals surface area (Å²) in [5, 5.41) is 3.07. The summed E-state index contributed by atoms with van der Waals surface area (Å²) in [6.07, 6.45) is 5.15. The van der Waals surface area contributed by atoms with Crippen LogP contribution in [-0.4, -0.2) is 38.4 Å². The summed E-state index contributed by atoms with van der Waals surface area (Å²) in [7, 11) is 1.81. The van der Waals surface area contributed by atoms with Crippen LogP contribution < -0.4 is 5.32 Å². The van der Waals surface area contributed by atoms with Gasteiger partial charge in [-0.15, -0.1) is 0 Å². The molecule has 0 rings (SSSR count). The molecule has 20 heavy (non-hydrogen) atoms. The molecule has 0 aromatic rings. The Bertz CT molecular complexity index is 258. The number of unbranched alkanes of at least 4 members (excludes halogenated alkanes) is 1.